The Hall–Kier alpha value is -2.60. The molecule has 3 aromatic rings. The minimum absolute atomic E-state index is 0.376. The molecule has 1 aliphatic heterocycles. The summed E-state index contributed by atoms with van der Waals surface area (Å²) in [5.41, 5.74) is 0.330. The molecule has 0 amide bonds. The number of rotatable bonds is 2. The van der Waals surface area contributed by atoms with Crippen molar-refractivity contribution in [1.82, 2.24) is 0 Å². The van der Waals surface area contributed by atoms with E-state index in [0.29, 0.717) is 22.3 Å². The summed E-state index contributed by atoms with van der Waals surface area (Å²) < 4.78 is 16.1. The van der Waals surface area contributed by atoms with Gasteiger partial charge in [0, 0.05) is 4.88 Å². The Bertz CT molecular complexity index is 941. The van der Waals surface area contributed by atoms with Gasteiger partial charge in [0.25, 0.3) is 0 Å². The topological polar surface area (TPSA) is 65.7 Å². The first-order valence-corrected chi connectivity index (χ1v) is 7.92. The molecule has 116 valence electrons. The van der Waals surface area contributed by atoms with E-state index in [4.69, 9.17) is 13.9 Å². The fourth-order valence-corrected chi connectivity index (χ4v) is 3.80. The first kappa shape index (κ1) is 14.0. The molecule has 0 unspecified atom stereocenters. The molecular formula is C17H12O5S. The molecule has 0 fully saturated rings. The maximum atomic E-state index is 12.5. The van der Waals surface area contributed by atoms with Crippen LogP contribution in [0.25, 0.3) is 11.0 Å². The van der Waals surface area contributed by atoms with E-state index >= 15 is 0 Å². The minimum atomic E-state index is -0.887. The lowest BCUT2D eigenvalue weighted by molar-refractivity contribution is -0.148. The predicted molar refractivity (Wildman–Crippen MR) is 85.1 cm³/mol. The zero-order valence-corrected chi connectivity index (χ0v) is 13.0. The first-order chi connectivity index (χ1) is 11.2. The van der Waals surface area contributed by atoms with E-state index in [-0.39, 0.29) is 0 Å². The number of hydrogen-bond donors (Lipinski definition) is 0. The zero-order chi connectivity index (χ0) is 16.0. The highest BCUT2D eigenvalue weighted by atomic mass is 32.1. The first-order valence-electron chi connectivity index (χ1n) is 7.04. The van der Waals surface area contributed by atoms with Crippen LogP contribution in [0.2, 0.25) is 0 Å². The standard InChI is InChI=1S/C17H12O5S/c1-20-17(19)15-12(11-7-4-8-23-11)13-14(22-15)9-5-2-3-6-10(9)21-16(13)18/h2-8,12,15H,1H3/t12-,15+/m0/s1. The quantitative estimate of drug-likeness (QED) is 0.534. The second-order valence-electron chi connectivity index (χ2n) is 5.18. The van der Waals surface area contributed by atoms with E-state index in [0.717, 1.165) is 4.88 Å². The summed E-state index contributed by atoms with van der Waals surface area (Å²) in [5.74, 6) is -0.618. The van der Waals surface area contributed by atoms with Gasteiger partial charge in [-0.15, -0.1) is 11.3 Å². The lowest BCUT2D eigenvalue weighted by Gasteiger charge is -2.14. The maximum Gasteiger partial charge on any atom is 0.348 e. The summed E-state index contributed by atoms with van der Waals surface area (Å²) >= 11 is 1.46. The fourth-order valence-electron chi connectivity index (χ4n) is 2.94. The molecule has 4 rings (SSSR count). The number of carbonyl (C=O) groups is 1. The molecule has 0 saturated carbocycles. The lowest BCUT2D eigenvalue weighted by atomic mass is 9.94. The van der Waals surface area contributed by atoms with Crippen molar-refractivity contribution in [2.24, 2.45) is 0 Å². The van der Waals surface area contributed by atoms with E-state index in [2.05, 4.69) is 0 Å². The smallest absolute Gasteiger partial charge is 0.348 e. The molecule has 6 heteroatoms. The largest absolute Gasteiger partial charge is 0.476 e. The van der Waals surface area contributed by atoms with Crippen LogP contribution in [-0.4, -0.2) is 19.2 Å². The van der Waals surface area contributed by atoms with Gasteiger partial charge in [0.1, 0.15) is 11.3 Å². The molecule has 0 aliphatic carbocycles. The van der Waals surface area contributed by atoms with Crippen molar-refractivity contribution in [3.8, 4) is 5.75 Å². The molecule has 1 aromatic carbocycles. The van der Waals surface area contributed by atoms with Gasteiger partial charge in [0.15, 0.2) is 0 Å². The van der Waals surface area contributed by atoms with Gasteiger partial charge in [-0.2, -0.15) is 0 Å². The van der Waals surface area contributed by atoms with Crippen molar-refractivity contribution in [2.45, 2.75) is 12.0 Å². The number of fused-ring (bicyclic) bond motifs is 3. The number of para-hydroxylation sites is 1. The third kappa shape index (κ3) is 2.06. The van der Waals surface area contributed by atoms with E-state index in [1.807, 2.05) is 29.6 Å². The van der Waals surface area contributed by atoms with E-state index < -0.39 is 23.6 Å². The second-order valence-corrected chi connectivity index (χ2v) is 6.16. The van der Waals surface area contributed by atoms with Crippen LogP contribution in [0.1, 0.15) is 16.4 Å². The van der Waals surface area contributed by atoms with Gasteiger partial charge in [0.2, 0.25) is 6.10 Å². The molecule has 2 aromatic heterocycles. The fraction of sp³-hybridized carbons (Fsp3) is 0.176. The van der Waals surface area contributed by atoms with Crippen LogP contribution in [0.5, 0.6) is 5.75 Å². The summed E-state index contributed by atoms with van der Waals surface area (Å²) in [7, 11) is 1.31. The van der Waals surface area contributed by atoms with Crippen molar-refractivity contribution in [3.63, 3.8) is 0 Å². The predicted octanol–water partition coefficient (Wildman–Crippen LogP) is 2.92. The summed E-state index contributed by atoms with van der Waals surface area (Å²) in [5, 5.41) is 2.57. The van der Waals surface area contributed by atoms with Gasteiger partial charge in [-0.25, -0.2) is 9.59 Å². The molecule has 0 spiro atoms. The number of thiophene rings is 1. The van der Waals surface area contributed by atoms with Crippen LogP contribution < -0.4 is 10.4 Å². The highest BCUT2D eigenvalue weighted by Gasteiger charge is 2.45. The molecular weight excluding hydrogens is 316 g/mol. The molecule has 0 radical (unpaired) electrons. The molecule has 23 heavy (non-hydrogen) atoms. The summed E-state index contributed by atoms with van der Waals surface area (Å²) in [6.45, 7) is 0. The van der Waals surface area contributed by atoms with Crippen molar-refractivity contribution in [2.75, 3.05) is 7.11 Å². The molecule has 1 aliphatic rings. The van der Waals surface area contributed by atoms with Gasteiger partial charge in [-0.1, -0.05) is 18.2 Å². The average molecular weight is 328 g/mol. The molecule has 3 heterocycles. The maximum absolute atomic E-state index is 12.5. The van der Waals surface area contributed by atoms with E-state index in [1.54, 1.807) is 12.1 Å². The van der Waals surface area contributed by atoms with Crippen molar-refractivity contribution < 1.29 is 18.7 Å². The van der Waals surface area contributed by atoms with Crippen LogP contribution in [0.4, 0.5) is 0 Å². The highest BCUT2D eigenvalue weighted by Crippen LogP contribution is 2.45. The van der Waals surface area contributed by atoms with Crippen LogP contribution in [0, 0.1) is 0 Å². The second kappa shape index (κ2) is 5.24. The summed E-state index contributed by atoms with van der Waals surface area (Å²) in [6.07, 6.45) is -0.887. The number of carbonyl (C=O) groups excluding carboxylic acids is 1. The van der Waals surface area contributed by atoms with Gasteiger partial charge < -0.3 is 13.9 Å². The van der Waals surface area contributed by atoms with Crippen LogP contribution in [0.3, 0.4) is 0 Å². The van der Waals surface area contributed by atoms with Gasteiger partial charge in [-0.3, -0.25) is 0 Å². The van der Waals surface area contributed by atoms with Crippen LogP contribution in [0.15, 0.2) is 51.0 Å². The van der Waals surface area contributed by atoms with Crippen LogP contribution >= 0.6 is 11.3 Å². The third-order valence-corrected chi connectivity index (χ3v) is 4.90. The number of ether oxygens (including phenoxy) is 2. The van der Waals surface area contributed by atoms with Gasteiger partial charge in [-0.05, 0) is 23.6 Å². The summed E-state index contributed by atoms with van der Waals surface area (Å²) in [6, 6.07) is 10.9. The normalized spacial score (nSPS) is 19.3. The Morgan fingerprint density at radius 3 is 2.78 bits per heavy atom. The Morgan fingerprint density at radius 1 is 1.22 bits per heavy atom. The number of methoxy groups -OCH3 is 1. The van der Waals surface area contributed by atoms with Gasteiger partial charge >= 0.3 is 11.6 Å². The SMILES string of the molecule is COC(=O)[C@@H]1Oc2c(c(=O)oc3ccccc23)[C@@H]1c1cccs1. The molecule has 0 saturated heterocycles. The Balaban J connectivity index is 2.00. The lowest BCUT2D eigenvalue weighted by Crippen LogP contribution is -2.31. The van der Waals surface area contributed by atoms with E-state index in [9.17, 15) is 9.59 Å². The molecule has 0 N–H and O–H groups in total. The third-order valence-electron chi connectivity index (χ3n) is 3.94. The number of benzene rings is 1. The highest BCUT2D eigenvalue weighted by molar-refractivity contribution is 7.10. The molecule has 5 nitrogen and oxygen atoms in total. The van der Waals surface area contributed by atoms with E-state index in [1.165, 1.54) is 18.4 Å². The molecule has 0 bridgehead atoms. The Morgan fingerprint density at radius 2 is 2.04 bits per heavy atom. The van der Waals surface area contributed by atoms with Crippen molar-refractivity contribution in [1.29, 1.82) is 0 Å². The Kier molecular flexibility index (Phi) is 3.20. The Labute approximate surface area is 135 Å². The number of esters is 1. The molecule has 2 atom stereocenters. The monoisotopic (exact) mass is 328 g/mol. The van der Waals surface area contributed by atoms with Gasteiger partial charge in [0.05, 0.1) is 24.0 Å². The number of hydrogen-bond acceptors (Lipinski definition) is 6. The average Bonchev–Trinajstić information content (AvgIpc) is 3.21. The van der Waals surface area contributed by atoms with Crippen molar-refractivity contribution >= 4 is 28.3 Å². The summed E-state index contributed by atoms with van der Waals surface area (Å²) in [4.78, 5) is 25.5. The zero-order valence-electron chi connectivity index (χ0n) is 12.1. The van der Waals surface area contributed by atoms with Crippen LogP contribution in [-0.2, 0) is 9.53 Å². The van der Waals surface area contributed by atoms with Crippen molar-refractivity contribution in [3.05, 3.63) is 62.6 Å². The minimum Gasteiger partial charge on any atom is -0.476 e.